The molecule has 0 bridgehead atoms. The molecule has 0 fully saturated rings. The molecule has 5 heteroatoms. The van der Waals surface area contributed by atoms with Gasteiger partial charge in [-0.05, 0) is 6.42 Å². The van der Waals surface area contributed by atoms with Crippen LogP contribution in [-0.2, 0) is 4.79 Å². The molecule has 0 aromatic heterocycles. The molecule has 0 rings (SSSR count). The topological polar surface area (TPSA) is 17.1 Å². The van der Waals surface area contributed by atoms with Crippen molar-refractivity contribution in [2.24, 2.45) is 11.8 Å². The van der Waals surface area contributed by atoms with Crippen molar-refractivity contribution in [3.8, 4) is 0 Å². The van der Waals surface area contributed by atoms with Crippen LogP contribution in [0.15, 0.2) is 0 Å². The smallest absolute Gasteiger partial charge is 0.295 e. The first-order valence-corrected chi connectivity index (χ1v) is 4.88. The summed E-state index contributed by atoms with van der Waals surface area (Å²) in [7, 11) is 0. The number of ketones is 1. The molecule has 0 heterocycles. The fourth-order valence-electron chi connectivity index (χ4n) is 1.30. The van der Waals surface area contributed by atoms with Gasteiger partial charge in [-0.2, -0.15) is 13.2 Å². The second-order valence-corrected chi connectivity index (χ2v) is 4.04. The lowest BCUT2D eigenvalue weighted by atomic mass is 9.81. The molecule has 0 radical (unpaired) electrons. The highest BCUT2D eigenvalue weighted by Crippen LogP contribution is 2.42. The molecule has 90 valence electrons. The quantitative estimate of drug-likeness (QED) is 0.673. The van der Waals surface area contributed by atoms with E-state index in [-0.39, 0.29) is 6.42 Å². The van der Waals surface area contributed by atoms with Crippen molar-refractivity contribution in [3.05, 3.63) is 0 Å². The first-order valence-electron chi connectivity index (χ1n) is 4.88. The number of halogens is 4. The fraction of sp³-hybridized carbons (Fsp3) is 0.900. The van der Waals surface area contributed by atoms with Gasteiger partial charge < -0.3 is 0 Å². The van der Waals surface area contributed by atoms with Crippen LogP contribution in [0, 0.1) is 11.8 Å². The Bertz CT molecular complexity index is 234. The van der Waals surface area contributed by atoms with Gasteiger partial charge in [-0.15, -0.1) is 0 Å². The standard InChI is InChI=1S/C10H16F4O/c1-5-7(4)8(15)9(11,6(2)3)10(12,13)14/h6-7H,5H2,1-4H3. The SMILES string of the molecule is CCC(C)C(=O)C(F)(C(C)C)C(F)(F)F. The number of Topliss-reactive ketones (excluding diaryl/α,β-unsaturated/α-hetero) is 1. The van der Waals surface area contributed by atoms with Crippen molar-refractivity contribution < 1.29 is 22.4 Å². The van der Waals surface area contributed by atoms with Crippen LogP contribution < -0.4 is 0 Å². The molecular formula is C10H16F4O. The van der Waals surface area contributed by atoms with Gasteiger partial charge >= 0.3 is 6.18 Å². The van der Waals surface area contributed by atoms with E-state index in [1.807, 2.05) is 0 Å². The zero-order valence-electron chi connectivity index (χ0n) is 9.28. The second kappa shape index (κ2) is 4.49. The Morgan fingerprint density at radius 2 is 1.53 bits per heavy atom. The van der Waals surface area contributed by atoms with Gasteiger partial charge in [0.05, 0.1) is 0 Å². The lowest BCUT2D eigenvalue weighted by Gasteiger charge is -2.31. The Morgan fingerprint density at radius 1 is 1.13 bits per heavy atom. The molecule has 0 aromatic carbocycles. The largest absolute Gasteiger partial charge is 0.429 e. The Kier molecular flexibility index (Phi) is 4.31. The molecule has 0 spiro atoms. The Labute approximate surface area is 86.8 Å². The Balaban J connectivity index is 5.23. The van der Waals surface area contributed by atoms with Gasteiger partial charge in [-0.25, -0.2) is 4.39 Å². The molecule has 0 aliphatic carbocycles. The third-order valence-corrected chi connectivity index (χ3v) is 2.63. The molecule has 1 nitrogen and oxygen atoms in total. The molecule has 0 saturated carbocycles. The summed E-state index contributed by atoms with van der Waals surface area (Å²) in [6.07, 6.45) is -4.94. The Hall–Kier alpha value is -0.610. The lowest BCUT2D eigenvalue weighted by Crippen LogP contribution is -2.54. The molecule has 0 aliphatic heterocycles. The van der Waals surface area contributed by atoms with Gasteiger partial charge in [0.25, 0.3) is 5.67 Å². The minimum atomic E-state index is -5.14. The van der Waals surface area contributed by atoms with Crippen LogP contribution in [0.3, 0.4) is 0 Å². The maximum absolute atomic E-state index is 13.8. The van der Waals surface area contributed by atoms with E-state index >= 15 is 0 Å². The van der Waals surface area contributed by atoms with Crippen molar-refractivity contribution in [3.63, 3.8) is 0 Å². The lowest BCUT2D eigenvalue weighted by molar-refractivity contribution is -0.239. The summed E-state index contributed by atoms with van der Waals surface area (Å²) in [6, 6.07) is 0. The normalized spacial score (nSPS) is 18.7. The number of hydrogen-bond donors (Lipinski definition) is 0. The van der Waals surface area contributed by atoms with E-state index in [2.05, 4.69) is 0 Å². The molecule has 0 saturated heterocycles. The summed E-state index contributed by atoms with van der Waals surface area (Å²) in [4.78, 5) is 11.4. The van der Waals surface area contributed by atoms with Gasteiger partial charge in [0.1, 0.15) is 0 Å². The molecule has 0 aliphatic rings. The third kappa shape index (κ3) is 2.49. The summed E-state index contributed by atoms with van der Waals surface area (Å²) in [5.74, 6) is -3.69. The number of rotatable bonds is 4. The van der Waals surface area contributed by atoms with Gasteiger partial charge in [0.15, 0.2) is 5.78 Å². The van der Waals surface area contributed by atoms with Gasteiger partial charge in [-0.1, -0.05) is 27.7 Å². The highest BCUT2D eigenvalue weighted by atomic mass is 19.4. The molecule has 15 heavy (non-hydrogen) atoms. The molecular weight excluding hydrogens is 212 g/mol. The zero-order chi connectivity index (χ0) is 12.4. The zero-order valence-corrected chi connectivity index (χ0v) is 9.28. The van der Waals surface area contributed by atoms with Crippen molar-refractivity contribution in [2.75, 3.05) is 0 Å². The highest BCUT2D eigenvalue weighted by molar-refractivity contribution is 5.90. The summed E-state index contributed by atoms with van der Waals surface area (Å²) in [6.45, 7) is 4.99. The van der Waals surface area contributed by atoms with Crippen LogP contribution in [0.5, 0.6) is 0 Å². The van der Waals surface area contributed by atoms with Crippen molar-refractivity contribution >= 4 is 5.78 Å². The fourth-order valence-corrected chi connectivity index (χ4v) is 1.30. The van der Waals surface area contributed by atoms with E-state index in [0.29, 0.717) is 0 Å². The van der Waals surface area contributed by atoms with Gasteiger partial charge in [0, 0.05) is 11.8 Å². The summed E-state index contributed by atoms with van der Waals surface area (Å²) < 4.78 is 51.3. The predicted octanol–water partition coefficient (Wildman–Crippen LogP) is 3.53. The summed E-state index contributed by atoms with van der Waals surface area (Å²) in [5, 5.41) is 0. The number of carbonyl (C=O) groups excluding carboxylic acids is 1. The van der Waals surface area contributed by atoms with Crippen molar-refractivity contribution in [2.45, 2.75) is 46.0 Å². The monoisotopic (exact) mass is 228 g/mol. The minimum absolute atomic E-state index is 0.202. The first-order chi connectivity index (χ1) is 6.59. The van der Waals surface area contributed by atoms with Crippen molar-refractivity contribution in [1.29, 1.82) is 0 Å². The molecule has 2 unspecified atom stereocenters. The third-order valence-electron chi connectivity index (χ3n) is 2.63. The molecule has 0 aromatic rings. The van der Waals surface area contributed by atoms with Crippen LogP contribution in [0.25, 0.3) is 0 Å². The van der Waals surface area contributed by atoms with Crippen LogP contribution in [-0.4, -0.2) is 17.6 Å². The number of hydrogen-bond acceptors (Lipinski definition) is 1. The highest BCUT2D eigenvalue weighted by Gasteiger charge is 2.63. The van der Waals surface area contributed by atoms with Gasteiger partial charge in [-0.3, -0.25) is 4.79 Å². The molecule has 2 atom stereocenters. The van der Waals surface area contributed by atoms with Crippen LogP contribution in [0.2, 0.25) is 0 Å². The predicted molar refractivity (Wildman–Crippen MR) is 49.2 cm³/mol. The number of carbonyl (C=O) groups is 1. The van der Waals surface area contributed by atoms with E-state index in [4.69, 9.17) is 0 Å². The van der Waals surface area contributed by atoms with E-state index in [9.17, 15) is 22.4 Å². The second-order valence-electron chi connectivity index (χ2n) is 4.04. The van der Waals surface area contributed by atoms with Crippen LogP contribution >= 0.6 is 0 Å². The maximum atomic E-state index is 13.8. The number of alkyl halides is 4. The average molecular weight is 228 g/mol. The van der Waals surface area contributed by atoms with Gasteiger partial charge in [0.2, 0.25) is 0 Å². The summed E-state index contributed by atoms with van der Waals surface area (Å²) in [5.41, 5.74) is -3.72. The van der Waals surface area contributed by atoms with E-state index < -0.39 is 29.5 Å². The average Bonchev–Trinajstić information content (AvgIpc) is 2.11. The van der Waals surface area contributed by atoms with E-state index in [1.165, 1.54) is 6.92 Å². The van der Waals surface area contributed by atoms with Crippen molar-refractivity contribution in [1.82, 2.24) is 0 Å². The maximum Gasteiger partial charge on any atom is 0.429 e. The minimum Gasteiger partial charge on any atom is -0.295 e. The van der Waals surface area contributed by atoms with Crippen LogP contribution in [0.4, 0.5) is 17.6 Å². The van der Waals surface area contributed by atoms with E-state index in [0.717, 1.165) is 13.8 Å². The molecule has 0 N–H and O–H groups in total. The first kappa shape index (κ1) is 14.4. The molecule has 0 amide bonds. The summed E-state index contributed by atoms with van der Waals surface area (Å²) >= 11 is 0. The Morgan fingerprint density at radius 3 is 1.73 bits per heavy atom. The van der Waals surface area contributed by atoms with Crippen LogP contribution in [0.1, 0.15) is 34.1 Å². The van der Waals surface area contributed by atoms with E-state index in [1.54, 1.807) is 6.92 Å².